The van der Waals surface area contributed by atoms with Gasteiger partial charge in [0.25, 0.3) is 0 Å². The number of hydrogen-bond acceptors (Lipinski definition) is 1. The molecule has 1 aromatic rings. The molecule has 0 aliphatic rings. The molecule has 0 heterocycles. The number of aryl methyl sites for hydroxylation is 2. The Hall–Kier alpha value is -0.430. The molecular weight excluding hydrogens is 176 g/mol. The van der Waals surface area contributed by atoms with Crippen LogP contribution in [-0.2, 0) is 12.8 Å². The fourth-order valence-electron chi connectivity index (χ4n) is 1.53. The van der Waals surface area contributed by atoms with Gasteiger partial charge in [-0.05, 0) is 36.1 Å². The van der Waals surface area contributed by atoms with Crippen LogP contribution in [-0.4, -0.2) is 5.75 Å². The summed E-state index contributed by atoms with van der Waals surface area (Å²) in [7, 11) is 0. The maximum Gasteiger partial charge on any atom is -0.00573 e. The van der Waals surface area contributed by atoms with E-state index in [0.29, 0.717) is 0 Å². The van der Waals surface area contributed by atoms with Crippen molar-refractivity contribution in [1.82, 2.24) is 0 Å². The van der Waals surface area contributed by atoms with E-state index in [4.69, 9.17) is 0 Å². The van der Waals surface area contributed by atoms with Crippen LogP contribution in [0.4, 0.5) is 0 Å². The normalized spacial score (nSPS) is 10.3. The number of benzene rings is 1. The van der Waals surface area contributed by atoms with E-state index in [2.05, 4.69) is 43.8 Å². The van der Waals surface area contributed by atoms with E-state index >= 15 is 0 Å². The quantitative estimate of drug-likeness (QED) is 0.681. The Morgan fingerprint density at radius 1 is 1.08 bits per heavy atom. The lowest BCUT2D eigenvalue weighted by Gasteiger charge is -2.06. The van der Waals surface area contributed by atoms with Crippen LogP contribution in [0.2, 0.25) is 0 Å². The molecule has 0 N–H and O–H groups in total. The summed E-state index contributed by atoms with van der Waals surface area (Å²) in [5.41, 5.74) is 2.99. The molecule has 0 bridgehead atoms. The van der Waals surface area contributed by atoms with Gasteiger partial charge in [-0.15, -0.1) is 0 Å². The molecule has 0 radical (unpaired) electrons. The van der Waals surface area contributed by atoms with Gasteiger partial charge in [-0.25, -0.2) is 0 Å². The molecule has 0 nitrogen and oxygen atoms in total. The molecule has 0 aliphatic heterocycles. The summed E-state index contributed by atoms with van der Waals surface area (Å²) in [5, 5.41) is 0. The number of hydrogen-bond donors (Lipinski definition) is 1. The second-order valence-electron chi connectivity index (χ2n) is 3.35. The second-order valence-corrected chi connectivity index (χ2v) is 3.79. The fourth-order valence-corrected chi connectivity index (χ4v) is 1.77. The zero-order valence-corrected chi connectivity index (χ0v) is 9.19. The summed E-state index contributed by atoms with van der Waals surface area (Å²) >= 11 is 4.27. The van der Waals surface area contributed by atoms with Crippen molar-refractivity contribution in [3.05, 3.63) is 35.4 Å². The van der Waals surface area contributed by atoms with Crippen LogP contribution in [0.1, 0.15) is 30.9 Å². The molecule has 13 heavy (non-hydrogen) atoms. The third kappa shape index (κ3) is 3.43. The maximum absolute atomic E-state index is 4.27. The van der Waals surface area contributed by atoms with Gasteiger partial charge >= 0.3 is 0 Å². The summed E-state index contributed by atoms with van der Waals surface area (Å²) in [6.07, 6.45) is 4.89. The van der Waals surface area contributed by atoms with Crippen LogP contribution in [0, 0.1) is 0 Å². The Labute approximate surface area is 86.8 Å². The predicted octanol–water partition coefficient (Wildman–Crippen LogP) is 3.50. The summed E-state index contributed by atoms with van der Waals surface area (Å²) in [5.74, 6) is 0.948. The predicted molar refractivity (Wildman–Crippen MR) is 62.6 cm³/mol. The molecule has 0 aromatic heterocycles. The monoisotopic (exact) mass is 194 g/mol. The van der Waals surface area contributed by atoms with Crippen molar-refractivity contribution in [1.29, 1.82) is 0 Å². The molecule has 0 unspecified atom stereocenters. The fraction of sp³-hybridized carbons (Fsp3) is 0.500. The van der Waals surface area contributed by atoms with Crippen molar-refractivity contribution in [3.63, 3.8) is 0 Å². The van der Waals surface area contributed by atoms with Crippen molar-refractivity contribution in [2.24, 2.45) is 0 Å². The van der Waals surface area contributed by atoms with E-state index in [0.717, 1.165) is 12.2 Å². The first-order chi connectivity index (χ1) is 6.38. The van der Waals surface area contributed by atoms with E-state index in [-0.39, 0.29) is 0 Å². The van der Waals surface area contributed by atoms with Crippen LogP contribution < -0.4 is 0 Å². The van der Waals surface area contributed by atoms with Gasteiger partial charge in [0, 0.05) is 0 Å². The highest BCUT2D eigenvalue weighted by atomic mass is 32.1. The largest absolute Gasteiger partial charge is 0.179 e. The van der Waals surface area contributed by atoms with Gasteiger partial charge in [-0.3, -0.25) is 0 Å². The first kappa shape index (κ1) is 10.6. The van der Waals surface area contributed by atoms with Crippen molar-refractivity contribution in [2.45, 2.75) is 32.6 Å². The summed E-state index contributed by atoms with van der Waals surface area (Å²) in [6.45, 7) is 2.24. The lowest BCUT2D eigenvalue weighted by molar-refractivity contribution is 0.787. The Balaban J connectivity index is 2.66. The van der Waals surface area contributed by atoms with Crippen molar-refractivity contribution >= 4 is 12.6 Å². The van der Waals surface area contributed by atoms with E-state index in [1.165, 1.54) is 30.4 Å². The first-order valence-corrected chi connectivity index (χ1v) is 5.69. The molecule has 0 aliphatic carbocycles. The van der Waals surface area contributed by atoms with Crippen molar-refractivity contribution in [3.8, 4) is 0 Å². The topological polar surface area (TPSA) is 0 Å². The molecular formula is C12H18S. The van der Waals surface area contributed by atoms with E-state index in [1.54, 1.807) is 0 Å². The molecule has 0 atom stereocenters. The van der Waals surface area contributed by atoms with Gasteiger partial charge in [0.05, 0.1) is 0 Å². The van der Waals surface area contributed by atoms with E-state index in [9.17, 15) is 0 Å². The van der Waals surface area contributed by atoms with Gasteiger partial charge in [-0.1, -0.05) is 37.6 Å². The Morgan fingerprint density at radius 2 is 1.69 bits per heavy atom. The molecule has 0 saturated carbocycles. The second kappa shape index (κ2) is 6.09. The average Bonchev–Trinajstić information content (AvgIpc) is 2.17. The summed E-state index contributed by atoms with van der Waals surface area (Å²) in [4.78, 5) is 0. The minimum Gasteiger partial charge on any atom is -0.179 e. The highest BCUT2D eigenvalue weighted by Crippen LogP contribution is 2.12. The highest BCUT2D eigenvalue weighted by molar-refractivity contribution is 7.80. The summed E-state index contributed by atoms with van der Waals surface area (Å²) in [6, 6.07) is 8.72. The van der Waals surface area contributed by atoms with Crippen LogP contribution in [0.15, 0.2) is 24.3 Å². The molecule has 0 fully saturated rings. The van der Waals surface area contributed by atoms with Crippen LogP contribution >= 0.6 is 12.6 Å². The third-order valence-electron chi connectivity index (χ3n) is 2.30. The van der Waals surface area contributed by atoms with Crippen LogP contribution in [0.3, 0.4) is 0 Å². The minimum absolute atomic E-state index is 0.948. The van der Waals surface area contributed by atoms with Gasteiger partial charge in [0.1, 0.15) is 0 Å². The minimum atomic E-state index is 0.948. The number of thiol groups is 1. The molecule has 0 spiro atoms. The molecule has 1 aromatic carbocycles. The van der Waals surface area contributed by atoms with Crippen molar-refractivity contribution in [2.75, 3.05) is 5.75 Å². The lowest BCUT2D eigenvalue weighted by Crippen LogP contribution is -1.94. The zero-order valence-electron chi connectivity index (χ0n) is 8.29. The van der Waals surface area contributed by atoms with E-state index in [1.807, 2.05) is 0 Å². The molecule has 0 saturated heterocycles. The molecule has 72 valence electrons. The smallest absolute Gasteiger partial charge is 0.00573 e. The van der Waals surface area contributed by atoms with Gasteiger partial charge in [-0.2, -0.15) is 12.6 Å². The van der Waals surface area contributed by atoms with Gasteiger partial charge in [0.2, 0.25) is 0 Å². The SMILES string of the molecule is CCCCc1ccccc1CCS. The third-order valence-corrected chi connectivity index (χ3v) is 2.52. The Bertz CT molecular complexity index is 243. The van der Waals surface area contributed by atoms with Crippen molar-refractivity contribution < 1.29 is 0 Å². The highest BCUT2D eigenvalue weighted by Gasteiger charge is 1.99. The average molecular weight is 194 g/mol. The summed E-state index contributed by atoms with van der Waals surface area (Å²) < 4.78 is 0. The number of rotatable bonds is 5. The molecule has 1 heteroatoms. The maximum atomic E-state index is 4.27. The zero-order chi connectivity index (χ0) is 9.52. The first-order valence-electron chi connectivity index (χ1n) is 5.06. The Kier molecular flexibility index (Phi) is 4.99. The Morgan fingerprint density at radius 3 is 2.23 bits per heavy atom. The van der Waals surface area contributed by atoms with E-state index < -0.39 is 0 Å². The van der Waals surface area contributed by atoms with Gasteiger partial charge < -0.3 is 0 Å². The number of unbranched alkanes of at least 4 members (excludes halogenated alkanes) is 1. The molecule has 1 rings (SSSR count). The lowest BCUT2D eigenvalue weighted by atomic mass is 10.0. The van der Waals surface area contributed by atoms with Crippen LogP contribution in [0.5, 0.6) is 0 Å². The van der Waals surface area contributed by atoms with Crippen LogP contribution in [0.25, 0.3) is 0 Å². The standard InChI is InChI=1S/C12H18S/c1-2-3-6-11-7-4-5-8-12(11)9-10-13/h4-5,7-8,13H,2-3,6,9-10H2,1H3. The van der Waals surface area contributed by atoms with Gasteiger partial charge in [0.15, 0.2) is 0 Å². The molecule has 0 amide bonds.